The number of aryl methyl sites for hydroxylation is 1. The van der Waals surface area contributed by atoms with Crippen LogP contribution in [0.2, 0.25) is 0 Å². The number of carbonyl (C=O) groups excluding carboxylic acids is 1. The molecule has 0 saturated carbocycles. The molecule has 0 spiro atoms. The summed E-state index contributed by atoms with van der Waals surface area (Å²) in [4.78, 5) is 15.3. The fourth-order valence-electron chi connectivity index (χ4n) is 4.04. The molecule has 2 aliphatic heterocycles. The summed E-state index contributed by atoms with van der Waals surface area (Å²) in [7, 11) is 0. The van der Waals surface area contributed by atoms with E-state index < -0.39 is 0 Å². The number of fused-ring (bicyclic) bond motifs is 2. The minimum atomic E-state index is -0.344. The number of nitrogens with one attached hydrogen (secondary N) is 1. The molecular formula is C25H24N2O3. The van der Waals surface area contributed by atoms with E-state index in [1.165, 1.54) is 12.0 Å². The Morgan fingerprint density at radius 2 is 1.80 bits per heavy atom. The van der Waals surface area contributed by atoms with Crippen LogP contribution < -0.4 is 19.7 Å². The lowest BCUT2D eigenvalue weighted by atomic mass is 10.0. The third-order valence-corrected chi connectivity index (χ3v) is 5.67. The Kier molecular flexibility index (Phi) is 4.79. The van der Waals surface area contributed by atoms with Gasteiger partial charge in [-0.1, -0.05) is 43.7 Å². The van der Waals surface area contributed by atoms with Gasteiger partial charge >= 0.3 is 0 Å². The van der Waals surface area contributed by atoms with Crippen molar-refractivity contribution in [3.05, 3.63) is 83.4 Å². The molecule has 1 atom stereocenters. The van der Waals surface area contributed by atoms with Crippen LogP contribution in [0.25, 0.3) is 0 Å². The first-order chi connectivity index (χ1) is 14.7. The first kappa shape index (κ1) is 18.6. The lowest BCUT2D eigenvalue weighted by molar-refractivity contribution is 0.0975. The Bertz CT molecular complexity index is 1080. The predicted octanol–water partition coefficient (Wildman–Crippen LogP) is 5.53. The molecule has 2 heterocycles. The second-order valence-electron chi connectivity index (χ2n) is 7.65. The number of hydrogen-bond acceptors (Lipinski definition) is 4. The summed E-state index contributed by atoms with van der Waals surface area (Å²) in [6.45, 7) is 2.42. The highest BCUT2D eigenvalue weighted by Gasteiger charge is 2.34. The van der Waals surface area contributed by atoms with Crippen molar-refractivity contribution in [2.75, 3.05) is 17.0 Å². The minimum Gasteiger partial charge on any atom is -0.454 e. The second kappa shape index (κ2) is 7.75. The van der Waals surface area contributed by atoms with Crippen molar-refractivity contribution >= 4 is 17.3 Å². The molecule has 0 aliphatic carbocycles. The normalized spacial score (nSPS) is 16.9. The Morgan fingerprint density at radius 1 is 1.00 bits per heavy atom. The number of para-hydroxylation sites is 1. The lowest BCUT2D eigenvalue weighted by Gasteiger charge is -2.38. The van der Waals surface area contributed by atoms with Crippen LogP contribution in [0.5, 0.6) is 11.5 Å². The summed E-state index contributed by atoms with van der Waals surface area (Å²) in [5, 5.41) is 3.54. The van der Waals surface area contributed by atoms with E-state index in [0.29, 0.717) is 11.3 Å². The van der Waals surface area contributed by atoms with Gasteiger partial charge in [0.2, 0.25) is 6.79 Å². The van der Waals surface area contributed by atoms with Gasteiger partial charge in [0.05, 0.1) is 5.56 Å². The summed E-state index contributed by atoms with van der Waals surface area (Å²) in [5.41, 5.74) is 4.60. The maximum atomic E-state index is 13.5. The molecule has 3 aromatic carbocycles. The van der Waals surface area contributed by atoms with E-state index in [-0.39, 0.29) is 18.9 Å². The fourth-order valence-corrected chi connectivity index (χ4v) is 4.04. The SMILES string of the molecule is CCCCc1ccc(N2C(=O)c3ccccc3N[C@H]2c2ccc3c(c2)OCO3)cc1. The standard InChI is InChI=1S/C25H24N2O3/c1-2-3-6-17-9-12-19(13-10-17)27-24(18-11-14-22-23(15-18)30-16-29-22)26-21-8-5-4-7-20(21)25(27)28/h4-5,7-15,24,26H,2-3,6,16H2,1H3/t24-/m1/s1. The average Bonchev–Trinajstić information content (AvgIpc) is 3.26. The molecule has 1 amide bonds. The van der Waals surface area contributed by atoms with E-state index in [2.05, 4.69) is 24.4 Å². The molecule has 3 aromatic rings. The van der Waals surface area contributed by atoms with Crippen LogP contribution in [-0.2, 0) is 6.42 Å². The number of ether oxygens (including phenoxy) is 2. The number of carbonyl (C=O) groups is 1. The van der Waals surface area contributed by atoms with E-state index >= 15 is 0 Å². The first-order valence-electron chi connectivity index (χ1n) is 10.4. The largest absolute Gasteiger partial charge is 0.454 e. The highest BCUT2D eigenvalue weighted by Crippen LogP contribution is 2.40. The molecular weight excluding hydrogens is 376 g/mol. The molecule has 0 radical (unpaired) electrons. The number of unbranched alkanes of at least 4 members (excludes halogenated alkanes) is 1. The highest BCUT2D eigenvalue weighted by atomic mass is 16.7. The van der Waals surface area contributed by atoms with E-state index in [4.69, 9.17) is 9.47 Å². The quantitative estimate of drug-likeness (QED) is 0.612. The number of rotatable bonds is 5. The zero-order valence-corrected chi connectivity index (χ0v) is 16.9. The maximum Gasteiger partial charge on any atom is 0.262 e. The van der Waals surface area contributed by atoms with Crippen molar-refractivity contribution in [3.8, 4) is 11.5 Å². The van der Waals surface area contributed by atoms with Crippen LogP contribution in [0, 0.1) is 0 Å². The van der Waals surface area contributed by atoms with Gasteiger partial charge in [-0.05, 0) is 60.4 Å². The second-order valence-corrected chi connectivity index (χ2v) is 7.65. The topological polar surface area (TPSA) is 50.8 Å². The fraction of sp³-hybridized carbons (Fsp3) is 0.240. The monoisotopic (exact) mass is 400 g/mol. The van der Waals surface area contributed by atoms with Gasteiger partial charge in [0.1, 0.15) is 6.17 Å². The van der Waals surface area contributed by atoms with Gasteiger partial charge in [0.25, 0.3) is 5.91 Å². The van der Waals surface area contributed by atoms with E-state index in [1.807, 2.05) is 59.5 Å². The summed E-state index contributed by atoms with van der Waals surface area (Å²) in [5.74, 6) is 1.41. The van der Waals surface area contributed by atoms with Gasteiger partial charge in [-0.25, -0.2) is 0 Å². The van der Waals surface area contributed by atoms with Gasteiger partial charge < -0.3 is 14.8 Å². The van der Waals surface area contributed by atoms with Crippen molar-refractivity contribution in [1.82, 2.24) is 0 Å². The van der Waals surface area contributed by atoms with Crippen LogP contribution in [-0.4, -0.2) is 12.7 Å². The number of hydrogen-bond donors (Lipinski definition) is 1. The van der Waals surface area contributed by atoms with Gasteiger partial charge in [-0.3, -0.25) is 9.69 Å². The number of nitrogens with zero attached hydrogens (tertiary/aromatic N) is 1. The summed E-state index contributed by atoms with van der Waals surface area (Å²) >= 11 is 0. The molecule has 2 aliphatic rings. The summed E-state index contributed by atoms with van der Waals surface area (Å²) < 4.78 is 11.0. The molecule has 152 valence electrons. The number of anilines is 2. The first-order valence-corrected chi connectivity index (χ1v) is 10.4. The molecule has 0 aromatic heterocycles. The van der Waals surface area contributed by atoms with Crippen LogP contribution in [0.3, 0.4) is 0 Å². The van der Waals surface area contributed by atoms with Crippen LogP contribution >= 0.6 is 0 Å². The van der Waals surface area contributed by atoms with Crippen molar-refractivity contribution in [2.24, 2.45) is 0 Å². The van der Waals surface area contributed by atoms with Crippen molar-refractivity contribution in [2.45, 2.75) is 32.4 Å². The average molecular weight is 400 g/mol. The maximum absolute atomic E-state index is 13.5. The number of amides is 1. The Morgan fingerprint density at radius 3 is 2.63 bits per heavy atom. The molecule has 0 fully saturated rings. The zero-order chi connectivity index (χ0) is 20.5. The molecule has 5 heteroatoms. The van der Waals surface area contributed by atoms with Crippen molar-refractivity contribution in [1.29, 1.82) is 0 Å². The molecule has 5 nitrogen and oxygen atoms in total. The Hall–Kier alpha value is -3.47. The molecule has 0 saturated heterocycles. The third kappa shape index (κ3) is 3.26. The van der Waals surface area contributed by atoms with E-state index in [0.717, 1.165) is 35.5 Å². The molecule has 0 bridgehead atoms. The van der Waals surface area contributed by atoms with Gasteiger partial charge in [0, 0.05) is 11.4 Å². The molecule has 0 unspecified atom stereocenters. The zero-order valence-electron chi connectivity index (χ0n) is 16.9. The van der Waals surface area contributed by atoms with Gasteiger partial charge in [-0.15, -0.1) is 0 Å². The number of benzene rings is 3. The predicted molar refractivity (Wildman–Crippen MR) is 117 cm³/mol. The van der Waals surface area contributed by atoms with Crippen LogP contribution in [0.15, 0.2) is 66.7 Å². The lowest BCUT2D eigenvalue weighted by Crippen LogP contribution is -2.43. The Balaban J connectivity index is 1.55. The molecule has 5 rings (SSSR count). The van der Waals surface area contributed by atoms with Gasteiger partial charge in [0.15, 0.2) is 11.5 Å². The van der Waals surface area contributed by atoms with Crippen molar-refractivity contribution in [3.63, 3.8) is 0 Å². The molecule has 1 N–H and O–H groups in total. The van der Waals surface area contributed by atoms with Crippen LogP contribution in [0.1, 0.15) is 47.4 Å². The minimum absolute atomic E-state index is 0.0201. The Labute approximate surface area is 176 Å². The smallest absolute Gasteiger partial charge is 0.262 e. The van der Waals surface area contributed by atoms with Gasteiger partial charge in [-0.2, -0.15) is 0 Å². The summed E-state index contributed by atoms with van der Waals surface area (Å²) in [6, 6.07) is 21.8. The summed E-state index contributed by atoms with van der Waals surface area (Å²) in [6.07, 6.45) is 3.04. The third-order valence-electron chi connectivity index (χ3n) is 5.67. The van der Waals surface area contributed by atoms with E-state index in [1.54, 1.807) is 0 Å². The van der Waals surface area contributed by atoms with Crippen molar-refractivity contribution < 1.29 is 14.3 Å². The highest BCUT2D eigenvalue weighted by molar-refractivity contribution is 6.12. The van der Waals surface area contributed by atoms with E-state index in [9.17, 15) is 4.79 Å². The molecule has 30 heavy (non-hydrogen) atoms. The van der Waals surface area contributed by atoms with Crippen LogP contribution in [0.4, 0.5) is 11.4 Å².